The van der Waals surface area contributed by atoms with E-state index in [1.807, 2.05) is 18.3 Å². The molecule has 1 amide bonds. The minimum atomic E-state index is -0.150. The number of amides is 1. The fraction of sp³-hybridized carbons (Fsp3) is 0.500. The average Bonchev–Trinajstić information content (AvgIpc) is 3.15. The van der Waals surface area contributed by atoms with E-state index in [0.29, 0.717) is 5.69 Å². The number of rotatable bonds is 3. The quantitative estimate of drug-likeness (QED) is 0.921. The summed E-state index contributed by atoms with van der Waals surface area (Å²) in [6.07, 6.45) is 7.73. The van der Waals surface area contributed by atoms with E-state index in [-0.39, 0.29) is 17.4 Å². The summed E-state index contributed by atoms with van der Waals surface area (Å²) >= 11 is 0. The lowest BCUT2D eigenvalue weighted by atomic mass is 9.74. The van der Waals surface area contributed by atoms with Crippen molar-refractivity contribution in [3.05, 3.63) is 47.5 Å². The van der Waals surface area contributed by atoms with Crippen LogP contribution in [0.4, 0.5) is 5.95 Å². The minimum absolute atomic E-state index is 0.0751. The van der Waals surface area contributed by atoms with Gasteiger partial charge in [0, 0.05) is 31.0 Å². The molecule has 1 atom stereocenters. The number of pyridine rings is 1. The Bertz CT molecular complexity index is 799. The zero-order valence-corrected chi connectivity index (χ0v) is 15.4. The van der Waals surface area contributed by atoms with Crippen LogP contribution < -0.4 is 10.2 Å². The molecule has 1 N–H and O–H groups in total. The first kappa shape index (κ1) is 16.9. The van der Waals surface area contributed by atoms with Gasteiger partial charge in [-0.1, -0.05) is 19.9 Å². The highest BCUT2D eigenvalue weighted by Crippen LogP contribution is 2.40. The van der Waals surface area contributed by atoms with Crippen LogP contribution in [0.25, 0.3) is 0 Å². The molecule has 6 nitrogen and oxygen atoms in total. The first-order valence-electron chi connectivity index (χ1n) is 9.34. The van der Waals surface area contributed by atoms with Gasteiger partial charge in [-0.25, -0.2) is 9.97 Å². The molecular formula is C20H25N5O. The first-order chi connectivity index (χ1) is 12.5. The van der Waals surface area contributed by atoms with Crippen LogP contribution in [0.15, 0.2) is 30.6 Å². The Kier molecular flexibility index (Phi) is 4.34. The number of hydrogen-bond acceptors (Lipinski definition) is 5. The molecule has 4 rings (SSSR count). The minimum Gasteiger partial charge on any atom is -0.344 e. The summed E-state index contributed by atoms with van der Waals surface area (Å²) in [5.41, 5.74) is 2.61. The van der Waals surface area contributed by atoms with Crippen LogP contribution in [0.3, 0.4) is 0 Å². The third kappa shape index (κ3) is 3.41. The fourth-order valence-corrected chi connectivity index (χ4v) is 3.96. The van der Waals surface area contributed by atoms with Crippen molar-refractivity contribution in [1.82, 2.24) is 20.3 Å². The highest BCUT2D eigenvalue weighted by Gasteiger charge is 2.35. The lowest BCUT2D eigenvalue weighted by Crippen LogP contribution is -2.37. The molecule has 2 aromatic rings. The predicted molar refractivity (Wildman–Crippen MR) is 100 cm³/mol. The largest absolute Gasteiger partial charge is 0.344 e. The van der Waals surface area contributed by atoms with Gasteiger partial charge in [0.25, 0.3) is 5.91 Å². The first-order valence-corrected chi connectivity index (χ1v) is 9.34. The maximum absolute atomic E-state index is 12.6. The van der Waals surface area contributed by atoms with Crippen molar-refractivity contribution in [2.45, 2.75) is 45.6 Å². The Labute approximate surface area is 154 Å². The van der Waals surface area contributed by atoms with Gasteiger partial charge < -0.3 is 10.2 Å². The second kappa shape index (κ2) is 6.67. The Morgan fingerprint density at radius 2 is 2.04 bits per heavy atom. The number of nitrogens with zero attached hydrogens (tertiary/aromatic N) is 4. The number of aromatic nitrogens is 3. The molecule has 2 aliphatic rings. The highest BCUT2D eigenvalue weighted by atomic mass is 16.1. The molecule has 1 fully saturated rings. The number of nitrogens with one attached hydrogen (secondary N) is 1. The van der Waals surface area contributed by atoms with Crippen molar-refractivity contribution in [2.75, 3.05) is 18.0 Å². The van der Waals surface area contributed by atoms with E-state index in [4.69, 9.17) is 4.98 Å². The van der Waals surface area contributed by atoms with Gasteiger partial charge in [0.15, 0.2) is 0 Å². The van der Waals surface area contributed by atoms with Crippen molar-refractivity contribution >= 4 is 11.9 Å². The van der Waals surface area contributed by atoms with Crippen LogP contribution >= 0.6 is 0 Å². The van der Waals surface area contributed by atoms with E-state index in [1.54, 1.807) is 12.3 Å². The molecule has 1 unspecified atom stereocenters. The standard InChI is InChI=1S/C20H25N5O/c1-20(2)11-16(23-18(26)15-7-3-4-8-21-15)14-13-22-19(24-17(14)12-20)25-9-5-6-10-25/h3-4,7-8,13,16H,5-6,9-12H2,1-2H3,(H,23,26). The van der Waals surface area contributed by atoms with Crippen molar-refractivity contribution in [3.8, 4) is 0 Å². The zero-order valence-electron chi connectivity index (χ0n) is 15.4. The van der Waals surface area contributed by atoms with E-state index in [1.165, 1.54) is 12.8 Å². The number of hydrogen-bond donors (Lipinski definition) is 1. The van der Waals surface area contributed by atoms with Crippen molar-refractivity contribution in [1.29, 1.82) is 0 Å². The van der Waals surface area contributed by atoms with Gasteiger partial charge in [-0.3, -0.25) is 9.78 Å². The smallest absolute Gasteiger partial charge is 0.270 e. The van der Waals surface area contributed by atoms with Gasteiger partial charge in [0.05, 0.1) is 11.7 Å². The van der Waals surface area contributed by atoms with E-state index < -0.39 is 0 Å². The van der Waals surface area contributed by atoms with E-state index >= 15 is 0 Å². The van der Waals surface area contributed by atoms with Crippen LogP contribution in [0.1, 0.15) is 60.9 Å². The summed E-state index contributed by atoms with van der Waals surface area (Å²) in [6, 6.07) is 5.28. The molecule has 1 saturated heterocycles. The Morgan fingerprint density at radius 3 is 2.77 bits per heavy atom. The maximum Gasteiger partial charge on any atom is 0.270 e. The molecule has 136 valence electrons. The molecule has 3 heterocycles. The average molecular weight is 351 g/mol. The summed E-state index contributed by atoms with van der Waals surface area (Å²) in [5.74, 6) is 0.677. The topological polar surface area (TPSA) is 71.0 Å². The van der Waals surface area contributed by atoms with Crippen molar-refractivity contribution < 1.29 is 4.79 Å². The normalized spacial score (nSPS) is 21.3. The molecule has 26 heavy (non-hydrogen) atoms. The van der Waals surface area contributed by atoms with E-state index in [0.717, 1.165) is 43.1 Å². The van der Waals surface area contributed by atoms with Gasteiger partial charge in [-0.05, 0) is 43.2 Å². The lowest BCUT2D eigenvalue weighted by molar-refractivity contribution is 0.0914. The number of carbonyl (C=O) groups is 1. The summed E-state index contributed by atoms with van der Waals surface area (Å²) < 4.78 is 0. The predicted octanol–water partition coefficient (Wildman–Crippen LogP) is 2.92. The van der Waals surface area contributed by atoms with Gasteiger partial charge in [-0.15, -0.1) is 0 Å². The molecule has 2 aromatic heterocycles. The fourth-order valence-electron chi connectivity index (χ4n) is 3.96. The monoisotopic (exact) mass is 351 g/mol. The van der Waals surface area contributed by atoms with Crippen LogP contribution in [0.5, 0.6) is 0 Å². The SMILES string of the molecule is CC1(C)Cc2nc(N3CCCC3)ncc2C(NC(=O)c2ccccn2)C1. The maximum atomic E-state index is 12.6. The number of anilines is 1. The van der Waals surface area contributed by atoms with Crippen LogP contribution in [-0.2, 0) is 6.42 Å². The van der Waals surface area contributed by atoms with E-state index in [2.05, 4.69) is 34.0 Å². The third-order valence-corrected chi connectivity index (χ3v) is 5.26. The summed E-state index contributed by atoms with van der Waals surface area (Å²) in [4.78, 5) is 28.5. The molecule has 1 aliphatic heterocycles. The zero-order chi connectivity index (χ0) is 18.1. The molecule has 1 aliphatic carbocycles. The summed E-state index contributed by atoms with van der Waals surface area (Å²) in [7, 11) is 0. The molecular weight excluding hydrogens is 326 g/mol. The van der Waals surface area contributed by atoms with Crippen LogP contribution in [-0.4, -0.2) is 33.9 Å². The van der Waals surface area contributed by atoms with Crippen LogP contribution in [0.2, 0.25) is 0 Å². The Hall–Kier alpha value is -2.50. The Balaban J connectivity index is 1.61. The van der Waals surface area contributed by atoms with Crippen LogP contribution in [0, 0.1) is 5.41 Å². The second-order valence-corrected chi connectivity index (χ2v) is 8.05. The third-order valence-electron chi connectivity index (χ3n) is 5.26. The van der Waals surface area contributed by atoms with Gasteiger partial charge >= 0.3 is 0 Å². The Morgan fingerprint density at radius 1 is 1.23 bits per heavy atom. The van der Waals surface area contributed by atoms with Crippen molar-refractivity contribution in [3.63, 3.8) is 0 Å². The molecule has 0 spiro atoms. The summed E-state index contributed by atoms with van der Waals surface area (Å²) in [6.45, 7) is 6.52. The van der Waals surface area contributed by atoms with Gasteiger partial charge in [0.2, 0.25) is 5.95 Å². The molecule has 0 radical (unpaired) electrons. The van der Waals surface area contributed by atoms with Gasteiger partial charge in [0.1, 0.15) is 5.69 Å². The number of fused-ring (bicyclic) bond motifs is 1. The van der Waals surface area contributed by atoms with Crippen molar-refractivity contribution in [2.24, 2.45) is 5.41 Å². The van der Waals surface area contributed by atoms with E-state index in [9.17, 15) is 4.79 Å². The number of carbonyl (C=O) groups excluding carboxylic acids is 1. The summed E-state index contributed by atoms with van der Waals surface area (Å²) in [5, 5.41) is 3.14. The second-order valence-electron chi connectivity index (χ2n) is 8.05. The molecule has 0 saturated carbocycles. The lowest BCUT2D eigenvalue weighted by Gasteiger charge is -2.36. The highest BCUT2D eigenvalue weighted by molar-refractivity contribution is 5.92. The molecule has 0 aromatic carbocycles. The molecule has 6 heteroatoms. The van der Waals surface area contributed by atoms with Gasteiger partial charge in [-0.2, -0.15) is 0 Å². The molecule has 0 bridgehead atoms.